The Morgan fingerprint density at radius 3 is 2.76 bits per heavy atom. The average molecular weight is 469 g/mol. The molecule has 0 heterocycles. The molecular weight excluding hydrogens is 458 g/mol. The number of hydrogen-bond donors (Lipinski definition) is 3. The Morgan fingerprint density at radius 2 is 2.04 bits per heavy atom. The van der Waals surface area contributed by atoms with Gasteiger partial charge in [0.15, 0.2) is 6.61 Å². The number of aromatic hydroxyl groups is 2. The third-order valence-corrected chi connectivity index (χ3v) is 4.31. The summed E-state index contributed by atoms with van der Waals surface area (Å²) in [6, 6.07) is 9.94. The van der Waals surface area contributed by atoms with Crippen LogP contribution in [0.5, 0.6) is 17.2 Å². The first-order chi connectivity index (χ1) is 11.9. The summed E-state index contributed by atoms with van der Waals surface area (Å²) in [6.07, 6.45) is 1.21. The highest BCUT2D eigenvalue weighted by Gasteiger charge is 2.13. The summed E-state index contributed by atoms with van der Waals surface area (Å²) in [4.78, 5) is 11.7. The number of nitrogens with zero attached hydrogens (tertiary/aromatic N) is 2. The molecule has 1 amide bonds. The molecule has 0 atom stereocenters. The van der Waals surface area contributed by atoms with E-state index >= 15 is 0 Å². The van der Waals surface area contributed by atoms with Gasteiger partial charge >= 0.3 is 0 Å². The fraction of sp³-hybridized carbons (Fsp3) is 0.0625. The maximum Gasteiger partial charge on any atom is 0.277 e. The summed E-state index contributed by atoms with van der Waals surface area (Å²) >= 11 is 6.17. The monoisotopic (exact) mass is 467 g/mol. The Balaban J connectivity index is 1.97. The van der Waals surface area contributed by atoms with Crippen molar-refractivity contribution in [3.05, 3.63) is 50.4 Å². The van der Waals surface area contributed by atoms with E-state index in [4.69, 9.17) is 10.00 Å². The number of ether oxygens (including phenoxy) is 1. The van der Waals surface area contributed by atoms with Gasteiger partial charge in [-0.3, -0.25) is 4.79 Å². The first-order valence-electron chi connectivity index (χ1n) is 6.77. The van der Waals surface area contributed by atoms with Gasteiger partial charge < -0.3 is 14.9 Å². The first kappa shape index (κ1) is 18.8. The van der Waals surface area contributed by atoms with Crippen molar-refractivity contribution in [3.63, 3.8) is 0 Å². The Labute approximate surface area is 159 Å². The molecular formula is C16H11Br2N3O4. The zero-order valence-corrected chi connectivity index (χ0v) is 15.7. The lowest BCUT2D eigenvalue weighted by Crippen LogP contribution is -2.24. The lowest BCUT2D eigenvalue weighted by molar-refractivity contribution is -0.123. The van der Waals surface area contributed by atoms with Crippen molar-refractivity contribution in [2.75, 3.05) is 6.61 Å². The van der Waals surface area contributed by atoms with E-state index in [1.807, 2.05) is 6.07 Å². The lowest BCUT2D eigenvalue weighted by atomic mass is 10.2. The summed E-state index contributed by atoms with van der Waals surface area (Å²) < 4.78 is 5.72. The molecule has 0 bridgehead atoms. The van der Waals surface area contributed by atoms with E-state index in [9.17, 15) is 15.0 Å². The number of phenolic OH excluding ortho intramolecular Hbond substituents is 2. The molecule has 128 valence electrons. The molecule has 0 radical (unpaired) electrons. The number of carbonyl (C=O) groups excluding carboxylic acids is 1. The Hall–Kier alpha value is -2.57. The van der Waals surface area contributed by atoms with E-state index in [1.165, 1.54) is 12.3 Å². The summed E-state index contributed by atoms with van der Waals surface area (Å²) in [7, 11) is 0. The topological polar surface area (TPSA) is 115 Å². The van der Waals surface area contributed by atoms with Crippen molar-refractivity contribution in [3.8, 4) is 23.3 Å². The van der Waals surface area contributed by atoms with Crippen molar-refractivity contribution in [1.82, 2.24) is 5.43 Å². The highest BCUT2D eigenvalue weighted by Crippen LogP contribution is 2.40. The third kappa shape index (κ3) is 4.71. The van der Waals surface area contributed by atoms with Gasteiger partial charge in [0.2, 0.25) is 0 Å². The van der Waals surface area contributed by atoms with Gasteiger partial charge in [-0.05, 0) is 50.1 Å². The van der Waals surface area contributed by atoms with Crippen molar-refractivity contribution in [2.24, 2.45) is 5.10 Å². The first-order valence-corrected chi connectivity index (χ1v) is 8.36. The third-order valence-electron chi connectivity index (χ3n) is 2.96. The number of nitrogens with one attached hydrogen (secondary N) is 1. The molecule has 0 aliphatic carbocycles. The Morgan fingerprint density at radius 1 is 1.32 bits per heavy atom. The van der Waals surface area contributed by atoms with Gasteiger partial charge in [0, 0.05) is 5.56 Å². The molecule has 9 heteroatoms. The van der Waals surface area contributed by atoms with Crippen molar-refractivity contribution >= 4 is 44.0 Å². The lowest BCUT2D eigenvalue weighted by Gasteiger charge is -2.07. The number of phenols is 2. The molecule has 0 saturated carbocycles. The minimum Gasteiger partial charge on any atom is -0.506 e. The number of para-hydroxylation sites is 1. The molecule has 25 heavy (non-hydrogen) atoms. The van der Waals surface area contributed by atoms with Crippen molar-refractivity contribution in [1.29, 1.82) is 5.26 Å². The smallest absolute Gasteiger partial charge is 0.277 e. The molecule has 7 nitrogen and oxygen atoms in total. The van der Waals surface area contributed by atoms with Crippen LogP contribution in [0.1, 0.15) is 11.1 Å². The minimum absolute atomic E-state index is 0.103. The Bertz CT molecular complexity index is 878. The second-order valence-electron chi connectivity index (χ2n) is 4.65. The molecule has 0 fully saturated rings. The predicted octanol–water partition coefficient (Wildman–Crippen LogP) is 3.02. The fourth-order valence-corrected chi connectivity index (χ4v) is 2.90. The van der Waals surface area contributed by atoms with Gasteiger partial charge in [-0.25, -0.2) is 5.43 Å². The molecule has 0 saturated heterocycles. The zero-order chi connectivity index (χ0) is 18.4. The van der Waals surface area contributed by atoms with Gasteiger partial charge in [0.05, 0.1) is 16.3 Å². The number of hydrogen-bond acceptors (Lipinski definition) is 6. The standard InChI is InChI=1S/C16H11Br2N3O4/c17-11-5-10(15(23)14(18)16(11)24)7-20-21-13(22)8-25-12-4-2-1-3-9(12)6-19/h1-5,7,23-24H,8H2,(H,21,22). The Kier molecular flexibility index (Phi) is 6.38. The summed E-state index contributed by atoms with van der Waals surface area (Å²) in [6.45, 7) is -0.328. The summed E-state index contributed by atoms with van der Waals surface area (Å²) in [5.41, 5.74) is 2.83. The van der Waals surface area contributed by atoms with Crippen molar-refractivity contribution in [2.45, 2.75) is 0 Å². The van der Waals surface area contributed by atoms with Gasteiger partial charge in [0.1, 0.15) is 27.8 Å². The zero-order valence-electron chi connectivity index (χ0n) is 12.5. The number of carbonyl (C=O) groups is 1. The van der Waals surface area contributed by atoms with E-state index in [2.05, 4.69) is 42.4 Å². The van der Waals surface area contributed by atoms with Crippen molar-refractivity contribution < 1.29 is 19.7 Å². The number of halogens is 2. The predicted molar refractivity (Wildman–Crippen MR) is 97.6 cm³/mol. The SMILES string of the molecule is N#Cc1ccccc1OCC(=O)NN=Cc1cc(Br)c(O)c(Br)c1O. The maximum absolute atomic E-state index is 11.7. The van der Waals surface area contributed by atoms with Crippen LogP contribution in [0, 0.1) is 11.3 Å². The maximum atomic E-state index is 11.7. The van der Waals surface area contributed by atoms with Gasteiger partial charge in [-0.15, -0.1) is 0 Å². The number of rotatable bonds is 5. The van der Waals surface area contributed by atoms with Gasteiger partial charge in [-0.1, -0.05) is 12.1 Å². The second kappa shape index (κ2) is 8.50. The summed E-state index contributed by atoms with van der Waals surface area (Å²) in [5, 5.41) is 32.2. The van der Waals surface area contributed by atoms with E-state index in [0.717, 1.165) is 0 Å². The minimum atomic E-state index is -0.541. The van der Waals surface area contributed by atoms with Crippen LogP contribution in [-0.4, -0.2) is 28.9 Å². The number of benzene rings is 2. The van der Waals surface area contributed by atoms with Crippen LogP contribution in [0.3, 0.4) is 0 Å². The fourth-order valence-electron chi connectivity index (χ4n) is 1.75. The molecule has 2 rings (SSSR count). The highest BCUT2D eigenvalue weighted by atomic mass is 79.9. The largest absolute Gasteiger partial charge is 0.506 e. The molecule has 2 aromatic rings. The number of amides is 1. The molecule has 3 N–H and O–H groups in total. The second-order valence-corrected chi connectivity index (χ2v) is 6.30. The molecule has 2 aromatic carbocycles. The van der Waals surface area contributed by atoms with Crippen LogP contribution in [0.25, 0.3) is 0 Å². The summed E-state index contributed by atoms with van der Waals surface area (Å²) in [5.74, 6) is -0.616. The van der Waals surface area contributed by atoms with Crippen LogP contribution < -0.4 is 10.2 Å². The van der Waals surface area contributed by atoms with E-state index in [1.54, 1.807) is 24.3 Å². The highest BCUT2D eigenvalue weighted by molar-refractivity contribution is 9.11. The molecule has 0 aliphatic rings. The van der Waals surface area contributed by atoms with E-state index in [-0.39, 0.29) is 28.1 Å². The van der Waals surface area contributed by atoms with Crippen LogP contribution >= 0.6 is 31.9 Å². The number of hydrazone groups is 1. The molecule has 0 spiro atoms. The van der Waals surface area contributed by atoms with Crippen LogP contribution in [0.4, 0.5) is 0 Å². The molecule has 0 aliphatic heterocycles. The van der Waals surface area contributed by atoms with Crippen LogP contribution in [0.15, 0.2) is 44.4 Å². The van der Waals surface area contributed by atoms with E-state index in [0.29, 0.717) is 15.8 Å². The van der Waals surface area contributed by atoms with Crippen LogP contribution in [-0.2, 0) is 4.79 Å². The van der Waals surface area contributed by atoms with E-state index < -0.39 is 5.91 Å². The van der Waals surface area contributed by atoms with Gasteiger partial charge in [0.25, 0.3) is 5.91 Å². The van der Waals surface area contributed by atoms with Gasteiger partial charge in [-0.2, -0.15) is 10.4 Å². The number of nitriles is 1. The normalized spacial score (nSPS) is 10.4. The molecule has 0 aromatic heterocycles. The molecule has 0 unspecified atom stereocenters. The van der Waals surface area contributed by atoms with Crippen LogP contribution in [0.2, 0.25) is 0 Å². The quantitative estimate of drug-likeness (QED) is 0.460. The average Bonchev–Trinajstić information content (AvgIpc) is 2.62.